The number of hydrogen-bond donors (Lipinski definition) is 2. The molecule has 0 bridgehead atoms. The molecule has 0 spiro atoms. The third-order valence-electron chi connectivity index (χ3n) is 4.19. The van der Waals surface area contributed by atoms with Crippen molar-refractivity contribution in [1.82, 2.24) is 10.6 Å². The van der Waals surface area contributed by atoms with Crippen LogP contribution in [-0.4, -0.2) is 6.03 Å². The molecule has 0 saturated heterocycles. The molecule has 2 N–H and O–H groups in total. The molecule has 0 aliphatic heterocycles. The first-order valence-electron chi connectivity index (χ1n) is 7.91. The minimum Gasteiger partial charge on any atom is -0.332 e. The molecule has 3 nitrogen and oxygen atoms in total. The minimum atomic E-state index is -0.0999. The van der Waals surface area contributed by atoms with E-state index >= 15 is 0 Å². The molecule has 1 saturated carbocycles. The molecule has 2 atom stereocenters. The molecule has 2 unspecified atom stereocenters. The Morgan fingerprint density at radius 2 is 1.45 bits per heavy atom. The van der Waals surface area contributed by atoms with Gasteiger partial charge in [0.15, 0.2) is 0 Å². The van der Waals surface area contributed by atoms with Gasteiger partial charge in [-0.05, 0) is 36.8 Å². The van der Waals surface area contributed by atoms with Gasteiger partial charge in [-0.25, -0.2) is 4.79 Å². The van der Waals surface area contributed by atoms with Crippen molar-refractivity contribution in [2.75, 3.05) is 0 Å². The van der Waals surface area contributed by atoms with E-state index < -0.39 is 0 Å². The number of nitrogens with one attached hydrogen (secondary N) is 2. The van der Waals surface area contributed by atoms with Gasteiger partial charge in [0.2, 0.25) is 0 Å². The summed E-state index contributed by atoms with van der Waals surface area (Å²) >= 11 is 0. The predicted octanol–water partition coefficient (Wildman–Crippen LogP) is 4.20. The maximum atomic E-state index is 12.3. The Morgan fingerprint density at radius 1 is 0.909 bits per heavy atom. The lowest BCUT2D eigenvalue weighted by atomic mass is 10.0. The Kier molecular flexibility index (Phi) is 4.42. The second kappa shape index (κ2) is 6.65. The molecule has 3 rings (SSSR count). The highest BCUT2D eigenvalue weighted by Gasteiger charge is 2.33. The first kappa shape index (κ1) is 14.6. The van der Waals surface area contributed by atoms with E-state index in [4.69, 9.17) is 0 Å². The van der Waals surface area contributed by atoms with Crippen molar-refractivity contribution in [2.45, 2.75) is 31.8 Å². The topological polar surface area (TPSA) is 41.1 Å². The van der Waals surface area contributed by atoms with Crippen LogP contribution in [0.4, 0.5) is 4.79 Å². The summed E-state index contributed by atoms with van der Waals surface area (Å²) in [4.78, 5) is 12.3. The maximum absolute atomic E-state index is 12.3. The Morgan fingerprint density at radius 3 is 2.00 bits per heavy atom. The summed E-state index contributed by atoms with van der Waals surface area (Å²) in [7, 11) is 0. The molecule has 0 aromatic heterocycles. The molecule has 114 valence electrons. The van der Waals surface area contributed by atoms with Crippen LogP contribution in [0.25, 0.3) is 0 Å². The molecular formula is C19H22N2O. The molecule has 2 aromatic carbocycles. The van der Waals surface area contributed by atoms with E-state index in [-0.39, 0.29) is 18.1 Å². The first-order chi connectivity index (χ1) is 10.7. The van der Waals surface area contributed by atoms with Crippen molar-refractivity contribution in [2.24, 2.45) is 5.92 Å². The van der Waals surface area contributed by atoms with Crippen molar-refractivity contribution in [1.29, 1.82) is 0 Å². The van der Waals surface area contributed by atoms with Gasteiger partial charge in [-0.3, -0.25) is 0 Å². The number of carbonyl (C=O) groups excluding carboxylic acids is 1. The molecule has 1 aliphatic rings. The van der Waals surface area contributed by atoms with Crippen molar-refractivity contribution in [3.8, 4) is 0 Å². The second-order valence-electron chi connectivity index (χ2n) is 5.98. The van der Waals surface area contributed by atoms with Crippen LogP contribution in [0.15, 0.2) is 60.7 Å². The molecule has 0 heterocycles. The van der Waals surface area contributed by atoms with Crippen LogP contribution >= 0.6 is 0 Å². The number of amides is 2. The molecule has 2 aromatic rings. The Hall–Kier alpha value is -2.29. The molecule has 1 aliphatic carbocycles. The lowest BCUT2D eigenvalue weighted by molar-refractivity contribution is 0.232. The monoisotopic (exact) mass is 294 g/mol. The summed E-state index contributed by atoms with van der Waals surface area (Å²) in [5.74, 6) is 0.570. The molecule has 1 fully saturated rings. The zero-order chi connectivity index (χ0) is 15.4. The lowest BCUT2D eigenvalue weighted by Gasteiger charge is -2.21. The SMILES string of the molecule is CC(NC(=O)NC(c1ccccc1)C1CC1)c1ccccc1. The summed E-state index contributed by atoms with van der Waals surface area (Å²) in [6, 6.07) is 20.3. The number of carbonyl (C=O) groups is 1. The van der Waals surface area contributed by atoms with Gasteiger partial charge in [0.05, 0.1) is 12.1 Å². The van der Waals surface area contributed by atoms with Crippen molar-refractivity contribution >= 4 is 6.03 Å². The standard InChI is InChI=1S/C19H22N2O/c1-14(15-8-4-2-5-9-15)20-19(22)21-18(17-12-13-17)16-10-6-3-7-11-16/h2-11,14,17-18H,12-13H2,1H3,(H2,20,21,22). The van der Waals surface area contributed by atoms with Gasteiger partial charge in [0, 0.05) is 0 Å². The fourth-order valence-electron chi connectivity index (χ4n) is 2.77. The smallest absolute Gasteiger partial charge is 0.315 e. The summed E-state index contributed by atoms with van der Waals surface area (Å²) < 4.78 is 0. The Bertz CT molecular complexity index is 608. The fourth-order valence-corrected chi connectivity index (χ4v) is 2.77. The van der Waals surface area contributed by atoms with E-state index in [9.17, 15) is 4.79 Å². The van der Waals surface area contributed by atoms with E-state index in [1.165, 1.54) is 18.4 Å². The van der Waals surface area contributed by atoms with E-state index in [0.29, 0.717) is 5.92 Å². The number of rotatable bonds is 5. The van der Waals surface area contributed by atoms with Crippen LogP contribution in [0.2, 0.25) is 0 Å². The molecular weight excluding hydrogens is 272 g/mol. The van der Waals surface area contributed by atoms with Gasteiger partial charge in [0.1, 0.15) is 0 Å². The lowest BCUT2D eigenvalue weighted by Crippen LogP contribution is -2.39. The Labute approximate surface area is 131 Å². The summed E-state index contributed by atoms with van der Waals surface area (Å²) in [6.07, 6.45) is 2.38. The number of urea groups is 1. The zero-order valence-corrected chi connectivity index (χ0v) is 12.8. The van der Waals surface area contributed by atoms with E-state index in [0.717, 1.165) is 5.56 Å². The molecule has 2 amide bonds. The van der Waals surface area contributed by atoms with Crippen LogP contribution in [0.1, 0.15) is 43.0 Å². The second-order valence-corrected chi connectivity index (χ2v) is 5.98. The highest BCUT2D eigenvalue weighted by atomic mass is 16.2. The largest absolute Gasteiger partial charge is 0.332 e. The van der Waals surface area contributed by atoms with Crippen molar-refractivity contribution in [3.05, 3.63) is 71.8 Å². The van der Waals surface area contributed by atoms with Gasteiger partial charge in [-0.1, -0.05) is 60.7 Å². The average molecular weight is 294 g/mol. The number of benzene rings is 2. The van der Waals surface area contributed by atoms with Gasteiger partial charge in [-0.15, -0.1) is 0 Å². The van der Waals surface area contributed by atoms with Crippen LogP contribution in [0.5, 0.6) is 0 Å². The Balaban J connectivity index is 1.62. The predicted molar refractivity (Wildman–Crippen MR) is 88.4 cm³/mol. The van der Waals surface area contributed by atoms with Crippen LogP contribution in [-0.2, 0) is 0 Å². The maximum Gasteiger partial charge on any atom is 0.315 e. The quantitative estimate of drug-likeness (QED) is 0.852. The van der Waals surface area contributed by atoms with Crippen LogP contribution in [0, 0.1) is 5.92 Å². The molecule has 3 heteroatoms. The number of hydrogen-bond acceptors (Lipinski definition) is 1. The van der Waals surface area contributed by atoms with Crippen LogP contribution < -0.4 is 10.6 Å². The van der Waals surface area contributed by atoms with Crippen molar-refractivity contribution < 1.29 is 4.79 Å². The average Bonchev–Trinajstić information content (AvgIpc) is 3.39. The normalized spacial score (nSPS) is 16.6. The third-order valence-corrected chi connectivity index (χ3v) is 4.19. The van der Waals surface area contributed by atoms with Gasteiger partial charge in [0.25, 0.3) is 0 Å². The first-order valence-corrected chi connectivity index (χ1v) is 7.91. The van der Waals surface area contributed by atoms with E-state index in [1.54, 1.807) is 0 Å². The molecule has 22 heavy (non-hydrogen) atoms. The van der Waals surface area contributed by atoms with Gasteiger partial charge in [-0.2, -0.15) is 0 Å². The summed E-state index contributed by atoms with van der Waals surface area (Å²) in [5, 5.41) is 6.17. The van der Waals surface area contributed by atoms with E-state index in [1.807, 2.05) is 55.5 Å². The minimum absolute atomic E-state index is 0.00294. The fraction of sp³-hybridized carbons (Fsp3) is 0.316. The summed E-state index contributed by atoms with van der Waals surface area (Å²) in [6.45, 7) is 2.00. The summed E-state index contributed by atoms with van der Waals surface area (Å²) in [5.41, 5.74) is 2.30. The highest BCUT2D eigenvalue weighted by Crippen LogP contribution is 2.40. The van der Waals surface area contributed by atoms with Crippen molar-refractivity contribution in [3.63, 3.8) is 0 Å². The zero-order valence-electron chi connectivity index (χ0n) is 12.8. The van der Waals surface area contributed by atoms with Gasteiger partial charge >= 0.3 is 6.03 Å². The van der Waals surface area contributed by atoms with Gasteiger partial charge < -0.3 is 10.6 Å². The highest BCUT2D eigenvalue weighted by molar-refractivity contribution is 5.75. The van der Waals surface area contributed by atoms with E-state index in [2.05, 4.69) is 22.8 Å². The molecule has 0 radical (unpaired) electrons. The van der Waals surface area contributed by atoms with Crippen LogP contribution in [0.3, 0.4) is 0 Å². The third kappa shape index (κ3) is 3.67.